The van der Waals surface area contributed by atoms with Crippen molar-refractivity contribution in [2.45, 2.75) is 13.2 Å². The zero-order valence-electron chi connectivity index (χ0n) is 32.7. The fourth-order valence-corrected chi connectivity index (χ4v) is 7.25. The molecule has 4 aromatic carbocycles. The number of ether oxygens (including phenoxy) is 4. The molecule has 0 bridgehead atoms. The number of nitrogens with one attached hydrogen (secondary N) is 4. The van der Waals surface area contributed by atoms with E-state index in [9.17, 15) is 14.7 Å². The van der Waals surface area contributed by atoms with Gasteiger partial charge in [0.25, 0.3) is 11.1 Å². The fourth-order valence-electron chi connectivity index (χ4n) is 7.25. The molecule has 5 N–H and O–H groups in total. The van der Waals surface area contributed by atoms with Gasteiger partial charge in [-0.1, -0.05) is 18.2 Å². The highest BCUT2D eigenvalue weighted by Crippen LogP contribution is 2.33. The van der Waals surface area contributed by atoms with Gasteiger partial charge in [0.05, 0.1) is 67.9 Å². The van der Waals surface area contributed by atoms with Crippen molar-refractivity contribution in [3.8, 4) is 57.1 Å². The Balaban J connectivity index is 1.11. The van der Waals surface area contributed by atoms with E-state index in [2.05, 4.69) is 25.6 Å². The van der Waals surface area contributed by atoms with Crippen LogP contribution < -0.4 is 40.7 Å². The third-order valence-corrected chi connectivity index (χ3v) is 9.93. The van der Waals surface area contributed by atoms with Gasteiger partial charge in [-0.25, -0.2) is 24.0 Å². The maximum absolute atomic E-state index is 14.1. The summed E-state index contributed by atoms with van der Waals surface area (Å²) in [7, 11) is 9.92. The van der Waals surface area contributed by atoms with Gasteiger partial charge in [-0.2, -0.15) is 0 Å². The number of benzene rings is 4. The van der Waals surface area contributed by atoms with Gasteiger partial charge < -0.3 is 44.7 Å². The highest BCUT2D eigenvalue weighted by Gasteiger charge is 2.26. The van der Waals surface area contributed by atoms with Crippen LogP contribution in [0.3, 0.4) is 0 Å². The number of aromatic amines is 2. The lowest BCUT2D eigenvalue weighted by Gasteiger charge is -2.16. The van der Waals surface area contributed by atoms with Gasteiger partial charge in [0, 0.05) is 57.5 Å². The molecule has 4 heterocycles. The van der Waals surface area contributed by atoms with Crippen molar-refractivity contribution < 1.29 is 24.1 Å². The number of H-pyrrole nitrogens is 2. The minimum Gasteiger partial charge on any atom is -0.497 e. The van der Waals surface area contributed by atoms with Crippen molar-refractivity contribution in [2.24, 2.45) is 7.05 Å². The molecule has 0 atom stereocenters. The lowest BCUT2D eigenvalue weighted by molar-refractivity contribution is 0.262. The van der Waals surface area contributed by atoms with E-state index in [1.165, 1.54) is 9.36 Å². The molecular weight excluding hydrogens is 745 g/mol. The molecule has 17 nitrogen and oxygen atoms in total. The minimum absolute atomic E-state index is 0.0264. The fraction of sp³-hybridized carbons (Fsp3) is 0.220. The van der Waals surface area contributed by atoms with Crippen LogP contribution >= 0.6 is 0 Å². The van der Waals surface area contributed by atoms with Crippen LogP contribution in [-0.4, -0.2) is 85.8 Å². The first-order chi connectivity index (χ1) is 28.2. The van der Waals surface area contributed by atoms with Crippen molar-refractivity contribution >= 4 is 33.7 Å². The van der Waals surface area contributed by atoms with Crippen molar-refractivity contribution in [2.75, 3.05) is 52.7 Å². The number of nitrogens with zero attached hydrogens (tertiary/aromatic N) is 6. The monoisotopic (exact) mass is 786 g/mol. The molecule has 0 saturated heterocycles. The summed E-state index contributed by atoms with van der Waals surface area (Å²) in [4.78, 5) is 44.2. The van der Waals surface area contributed by atoms with E-state index >= 15 is 0 Å². The average Bonchev–Trinajstić information content (AvgIpc) is 3.99. The Morgan fingerprint density at radius 1 is 0.672 bits per heavy atom. The second-order valence-electron chi connectivity index (χ2n) is 13.3. The maximum atomic E-state index is 14.1. The summed E-state index contributed by atoms with van der Waals surface area (Å²) >= 11 is 0. The number of anilines is 2. The van der Waals surface area contributed by atoms with Crippen LogP contribution in [0.2, 0.25) is 0 Å². The number of imidazole rings is 2. The Labute approximate surface area is 331 Å². The van der Waals surface area contributed by atoms with Crippen molar-refractivity contribution in [3.63, 3.8) is 0 Å². The number of aliphatic hydroxyl groups excluding tert-OH is 1. The van der Waals surface area contributed by atoms with Crippen LogP contribution in [0, 0.1) is 0 Å². The van der Waals surface area contributed by atoms with Crippen LogP contribution in [0.15, 0.2) is 88.5 Å². The third kappa shape index (κ3) is 6.46. The molecule has 0 spiro atoms. The number of hydrogen-bond donors (Lipinski definition) is 5. The zero-order chi connectivity index (χ0) is 40.7. The molecule has 4 aromatic heterocycles. The average molecular weight is 787 g/mol. The maximum Gasteiger partial charge on any atom is 0.284 e. The normalized spacial score (nSPS) is 11.4. The topological polar surface area (TPSA) is 192 Å². The van der Waals surface area contributed by atoms with Crippen LogP contribution in [0.25, 0.3) is 56.2 Å². The summed E-state index contributed by atoms with van der Waals surface area (Å²) in [6.45, 7) is -0.0725. The minimum atomic E-state index is -0.361. The van der Waals surface area contributed by atoms with E-state index in [0.29, 0.717) is 74.3 Å². The number of rotatable bonds is 14. The molecule has 0 unspecified atom stereocenters. The van der Waals surface area contributed by atoms with Gasteiger partial charge in [0.15, 0.2) is 0 Å². The van der Waals surface area contributed by atoms with E-state index in [1.54, 1.807) is 88.2 Å². The number of methoxy groups -OCH3 is 3. The van der Waals surface area contributed by atoms with E-state index < -0.39 is 0 Å². The summed E-state index contributed by atoms with van der Waals surface area (Å²) in [5.41, 5.74) is 4.87. The van der Waals surface area contributed by atoms with Crippen molar-refractivity contribution in [1.82, 2.24) is 38.7 Å². The highest BCUT2D eigenvalue weighted by molar-refractivity contribution is 5.84. The quantitative estimate of drug-likeness (QED) is 0.101. The zero-order valence-corrected chi connectivity index (χ0v) is 32.7. The number of hydrogen-bond acceptors (Lipinski definition) is 11. The van der Waals surface area contributed by atoms with E-state index in [4.69, 9.17) is 23.9 Å². The standard InChI is InChI=1S/C41H42N10O7/c1-42-38-34(36-44-30-9-7-8-10-31(30)45-36)41(54)51(48(38)3)25-18-28(57-6)21-29(19-25)58-22-23-11-12-32-33(15-23)47-37(46-32)35-39(43-2)50(49(13-14-52)40(35)53)24-16-26(55-4)20-27(17-24)56-5/h7-12,15-21,42-43,52H,13-14,22H2,1-6H3,(H,44,45)(H,46,47). The van der Waals surface area contributed by atoms with Gasteiger partial charge in [0.1, 0.15) is 64.0 Å². The number of para-hydroxylation sites is 2. The predicted molar refractivity (Wildman–Crippen MR) is 221 cm³/mol. The lowest BCUT2D eigenvalue weighted by Crippen LogP contribution is -2.24. The summed E-state index contributed by atoms with van der Waals surface area (Å²) in [6, 6.07) is 23.8. The first kappa shape index (κ1) is 37.5. The molecule has 0 aliphatic carbocycles. The summed E-state index contributed by atoms with van der Waals surface area (Å²) in [5, 5.41) is 16.3. The van der Waals surface area contributed by atoms with Crippen LogP contribution in [0.4, 0.5) is 11.6 Å². The second-order valence-corrected chi connectivity index (χ2v) is 13.3. The molecule has 0 amide bonds. The number of aromatic nitrogens is 8. The number of fused-ring (bicyclic) bond motifs is 2. The molecule has 8 aromatic rings. The number of aliphatic hydroxyl groups is 1. The molecule has 0 radical (unpaired) electrons. The third-order valence-electron chi connectivity index (χ3n) is 9.93. The van der Waals surface area contributed by atoms with Crippen LogP contribution in [0.1, 0.15) is 5.56 Å². The van der Waals surface area contributed by atoms with Crippen LogP contribution in [-0.2, 0) is 20.2 Å². The van der Waals surface area contributed by atoms with Crippen molar-refractivity contribution in [1.29, 1.82) is 0 Å². The Kier molecular flexibility index (Phi) is 9.88. The molecule has 17 heteroatoms. The first-order valence-electron chi connectivity index (χ1n) is 18.3. The van der Waals surface area contributed by atoms with Gasteiger partial charge in [-0.15, -0.1) is 0 Å². The molecule has 58 heavy (non-hydrogen) atoms. The predicted octanol–water partition coefficient (Wildman–Crippen LogP) is 4.90. The molecule has 0 aliphatic heterocycles. The molecule has 8 rings (SSSR count). The summed E-state index contributed by atoms with van der Waals surface area (Å²) in [5.74, 6) is 3.86. The van der Waals surface area contributed by atoms with Gasteiger partial charge in [-0.3, -0.25) is 14.3 Å². The highest BCUT2D eigenvalue weighted by atomic mass is 16.5. The molecule has 298 valence electrons. The Hall–Kier alpha value is -7.40. The van der Waals surface area contributed by atoms with Crippen molar-refractivity contribution in [3.05, 3.63) is 105 Å². The molecular formula is C41H42N10O7. The van der Waals surface area contributed by atoms with Gasteiger partial charge in [-0.05, 0) is 29.8 Å². The molecule has 0 saturated carbocycles. The van der Waals surface area contributed by atoms with Gasteiger partial charge in [0.2, 0.25) is 0 Å². The van der Waals surface area contributed by atoms with Crippen LogP contribution in [0.5, 0.6) is 23.0 Å². The Morgan fingerprint density at radius 3 is 1.86 bits per heavy atom. The van der Waals surface area contributed by atoms with E-state index in [0.717, 1.165) is 16.6 Å². The SMILES string of the molecule is CNc1c(-c2nc3ccccc3[nH]2)c(=O)n(-c2cc(OC)cc(OCc3ccc4nc(-c5c(NC)n(-c6cc(OC)cc(OC)c6)n(CCO)c5=O)[nH]c4c3)c2)n1C. The van der Waals surface area contributed by atoms with E-state index in [1.807, 2.05) is 42.5 Å². The van der Waals surface area contributed by atoms with E-state index in [-0.39, 0.29) is 36.4 Å². The summed E-state index contributed by atoms with van der Waals surface area (Å²) < 4.78 is 29.3. The Morgan fingerprint density at radius 2 is 1.24 bits per heavy atom. The Bertz CT molecular complexity index is 2880. The largest absolute Gasteiger partial charge is 0.497 e. The molecule has 0 fully saturated rings. The summed E-state index contributed by atoms with van der Waals surface area (Å²) in [6.07, 6.45) is 0. The molecule has 0 aliphatic rings. The lowest BCUT2D eigenvalue weighted by atomic mass is 10.2. The smallest absolute Gasteiger partial charge is 0.284 e. The second kappa shape index (κ2) is 15.3. The van der Waals surface area contributed by atoms with Gasteiger partial charge >= 0.3 is 0 Å². The first-order valence-corrected chi connectivity index (χ1v) is 18.3.